The number of aromatic nitrogens is 1. The summed E-state index contributed by atoms with van der Waals surface area (Å²) in [6.07, 6.45) is 0.953. The Morgan fingerprint density at radius 3 is 2.75 bits per heavy atom. The number of rotatable bonds is 3. The van der Waals surface area contributed by atoms with Crippen molar-refractivity contribution in [1.82, 2.24) is 9.88 Å². The van der Waals surface area contributed by atoms with Crippen LogP contribution in [0.25, 0.3) is 10.9 Å². The predicted octanol–water partition coefficient (Wildman–Crippen LogP) is 3.57. The van der Waals surface area contributed by atoms with Gasteiger partial charge in [0.1, 0.15) is 6.54 Å². The molecule has 2 aromatic rings. The monoisotopic (exact) mass is 350 g/mol. The van der Waals surface area contributed by atoms with E-state index in [1.54, 1.807) is 0 Å². The van der Waals surface area contributed by atoms with Crippen molar-refractivity contribution < 1.29 is 9.53 Å². The molecule has 0 spiro atoms. The van der Waals surface area contributed by atoms with Crippen LogP contribution in [-0.2, 0) is 34.5 Å². The number of hydrogen-bond donors (Lipinski definition) is 1. The Labute approximate surface area is 150 Å². The van der Waals surface area contributed by atoms with Gasteiger partial charge in [-0.1, -0.05) is 26.8 Å². The van der Waals surface area contributed by atoms with E-state index >= 15 is 0 Å². The number of nitrogens with zero attached hydrogens (tertiary/aromatic N) is 1. The average Bonchev–Trinajstić information content (AvgIpc) is 2.81. The summed E-state index contributed by atoms with van der Waals surface area (Å²) in [4.78, 5) is 12.0. The van der Waals surface area contributed by atoms with E-state index in [0.717, 1.165) is 25.0 Å². The van der Waals surface area contributed by atoms with Crippen LogP contribution in [0.4, 0.5) is 0 Å². The molecule has 2 heterocycles. The maximum Gasteiger partial charge on any atom is 0.325 e. The van der Waals surface area contributed by atoms with E-state index in [1.807, 2.05) is 6.92 Å². The summed E-state index contributed by atoms with van der Waals surface area (Å²) in [5, 5.41) is 4.72. The van der Waals surface area contributed by atoms with Crippen LogP contribution in [0.3, 0.4) is 0 Å². The van der Waals surface area contributed by atoms with Crippen molar-refractivity contribution in [2.75, 3.05) is 13.2 Å². The Kier molecular flexibility index (Phi) is 5.61. The first-order chi connectivity index (χ1) is 10.9. The third kappa shape index (κ3) is 3.45. The Morgan fingerprint density at radius 2 is 2.08 bits per heavy atom. The summed E-state index contributed by atoms with van der Waals surface area (Å²) in [5.74, 6) is -0.161. The molecular weight excluding hydrogens is 324 g/mol. The van der Waals surface area contributed by atoms with Crippen LogP contribution in [-0.4, -0.2) is 23.7 Å². The molecule has 1 aromatic carbocycles. The first kappa shape index (κ1) is 18.8. The minimum atomic E-state index is -0.161. The molecule has 0 saturated heterocycles. The molecular formula is C19H27ClN2O2. The summed E-state index contributed by atoms with van der Waals surface area (Å²) >= 11 is 0. The molecule has 0 fully saturated rings. The van der Waals surface area contributed by atoms with Gasteiger partial charge in [-0.25, -0.2) is 0 Å². The number of halogens is 1. The number of nitrogens with one attached hydrogen (secondary N) is 1. The van der Waals surface area contributed by atoms with Gasteiger partial charge in [-0.3, -0.25) is 4.79 Å². The number of fused-ring (bicyclic) bond motifs is 3. The second-order valence-corrected chi connectivity index (χ2v) is 7.23. The molecule has 1 N–H and O–H groups in total. The van der Waals surface area contributed by atoms with E-state index in [2.05, 4.69) is 48.9 Å². The SMILES string of the molecule is CCOC(=O)Cn1c2c(c3cc(C(C)(C)C)ccc31)CNCC2.Cl. The average molecular weight is 351 g/mol. The minimum absolute atomic E-state index is 0. The second kappa shape index (κ2) is 7.16. The zero-order valence-electron chi connectivity index (χ0n) is 14.9. The number of benzene rings is 1. The zero-order valence-corrected chi connectivity index (χ0v) is 15.8. The largest absolute Gasteiger partial charge is 0.465 e. The molecule has 0 amide bonds. The molecule has 0 bridgehead atoms. The highest BCUT2D eigenvalue weighted by Crippen LogP contribution is 2.32. The molecule has 3 rings (SSSR count). The van der Waals surface area contributed by atoms with E-state index in [-0.39, 0.29) is 23.8 Å². The van der Waals surface area contributed by atoms with Crippen LogP contribution in [0.15, 0.2) is 18.2 Å². The van der Waals surface area contributed by atoms with E-state index in [4.69, 9.17) is 4.74 Å². The van der Waals surface area contributed by atoms with Crippen molar-refractivity contribution in [2.24, 2.45) is 0 Å². The Morgan fingerprint density at radius 1 is 1.33 bits per heavy atom. The highest BCUT2D eigenvalue weighted by Gasteiger charge is 2.23. The van der Waals surface area contributed by atoms with Crippen molar-refractivity contribution >= 4 is 29.3 Å². The van der Waals surface area contributed by atoms with E-state index in [1.165, 1.54) is 22.2 Å². The van der Waals surface area contributed by atoms with Gasteiger partial charge in [0, 0.05) is 36.1 Å². The highest BCUT2D eigenvalue weighted by molar-refractivity contribution is 5.88. The van der Waals surface area contributed by atoms with Crippen LogP contribution in [0.1, 0.15) is 44.5 Å². The first-order valence-electron chi connectivity index (χ1n) is 8.42. The lowest BCUT2D eigenvalue weighted by atomic mass is 9.86. The van der Waals surface area contributed by atoms with Crippen LogP contribution in [0.5, 0.6) is 0 Å². The molecule has 4 nitrogen and oxygen atoms in total. The second-order valence-electron chi connectivity index (χ2n) is 7.23. The van der Waals surface area contributed by atoms with Gasteiger partial charge in [-0.2, -0.15) is 0 Å². The number of carbonyl (C=O) groups is 1. The van der Waals surface area contributed by atoms with Crippen LogP contribution in [0, 0.1) is 0 Å². The van der Waals surface area contributed by atoms with Gasteiger partial charge >= 0.3 is 5.97 Å². The number of esters is 1. The van der Waals surface area contributed by atoms with Crippen molar-refractivity contribution in [3.63, 3.8) is 0 Å². The fraction of sp³-hybridized carbons (Fsp3) is 0.526. The van der Waals surface area contributed by atoms with Gasteiger partial charge in [0.15, 0.2) is 0 Å². The quantitative estimate of drug-likeness (QED) is 0.860. The van der Waals surface area contributed by atoms with Crippen LogP contribution < -0.4 is 5.32 Å². The van der Waals surface area contributed by atoms with Crippen molar-refractivity contribution in [3.05, 3.63) is 35.0 Å². The molecule has 0 atom stereocenters. The number of ether oxygens (including phenoxy) is 1. The van der Waals surface area contributed by atoms with Gasteiger partial charge in [0.05, 0.1) is 6.61 Å². The number of carbonyl (C=O) groups excluding carboxylic acids is 1. The van der Waals surface area contributed by atoms with Gasteiger partial charge in [-0.15, -0.1) is 12.4 Å². The lowest BCUT2D eigenvalue weighted by Crippen LogP contribution is -2.25. The van der Waals surface area contributed by atoms with E-state index in [9.17, 15) is 4.79 Å². The molecule has 5 heteroatoms. The zero-order chi connectivity index (χ0) is 16.6. The summed E-state index contributed by atoms with van der Waals surface area (Å²) in [6, 6.07) is 6.64. The molecule has 1 aliphatic rings. The summed E-state index contributed by atoms with van der Waals surface area (Å²) in [6.45, 7) is 11.1. The molecule has 132 valence electrons. The Bertz CT molecular complexity index is 744. The molecule has 0 saturated carbocycles. The lowest BCUT2D eigenvalue weighted by Gasteiger charge is -2.19. The normalized spacial score (nSPS) is 14.2. The molecule has 0 radical (unpaired) electrons. The van der Waals surface area contributed by atoms with Gasteiger partial charge in [0.2, 0.25) is 0 Å². The molecule has 0 unspecified atom stereocenters. The van der Waals surface area contributed by atoms with Gasteiger partial charge in [-0.05, 0) is 35.6 Å². The number of hydrogen-bond acceptors (Lipinski definition) is 3. The highest BCUT2D eigenvalue weighted by atomic mass is 35.5. The third-order valence-electron chi connectivity index (χ3n) is 4.59. The minimum Gasteiger partial charge on any atom is -0.465 e. The first-order valence-corrected chi connectivity index (χ1v) is 8.42. The lowest BCUT2D eigenvalue weighted by molar-refractivity contribution is -0.143. The van der Waals surface area contributed by atoms with Crippen LogP contribution >= 0.6 is 12.4 Å². The molecule has 1 aliphatic heterocycles. The summed E-state index contributed by atoms with van der Waals surface area (Å²) < 4.78 is 7.31. The van der Waals surface area contributed by atoms with Crippen LogP contribution in [0.2, 0.25) is 0 Å². The maximum absolute atomic E-state index is 12.0. The Balaban J connectivity index is 0.00000208. The standard InChI is InChI=1S/C19H26N2O2.ClH/c1-5-23-18(22)12-21-16-7-6-13(19(2,3)4)10-14(16)15-11-20-9-8-17(15)21;/h6-7,10,20H,5,8-9,11-12H2,1-4H3;1H. The van der Waals surface area contributed by atoms with Gasteiger partial charge in [0.25, 0.3) is 0 Å². The topological polar surface area (TPSA) is 43.3 Å². The summed E-state index contributed by atoms with van der Waals surface area (Å²) in [7, 11) is 0. The van der Waals surface area contributed by atoms with Crippen molar-refractivity contribution in [3.8, 4) is 0 Å². The predicted molar refractivity (Wildman–Crippen MR) is 99.9 cm³/mol. The Hall–Kier alpha value is -1.52. The summed E-state index contributed by atoms with van der Waals surface area (Å²) in [5.41, 5.74) is 5.19. The molecule has 0 aliphatic carbocycles. The van der Waals surface area contributed by atoms with Gasteiger partial charge < -0.3 is 14.6 Å². The fourth-order valence-corrected chi connectivity index (χ4v) is 3.36. The van der Waals surface area contributed by atoms with E-state index < -0.39 is 0 Å². The van der Waals surface area contributed by atoms with E-state index in [0.29, 0.717) is 13.2 Å². The third-order valence-corrected chi connectivity index (χ3v) is 4.59. The smallest absolute Gasteiger partial charge is 0.325 e. The molecule has 24 heavy (non-hydrogen) atoms. The van der Waals surface area contributed by atoms with Crippen molar-refractivity contribution in [1.29, 1.82) is 0 Å². The fourth-order valence-electron chi connectivity index (χ4n) is 3.36. The molecule has 1 aromatic heterocycles. The van der Waals surface area contributed by atoms with Crippen molar-refractivity contribution in [2.45, 2.75) is 52.6 Å². The maximum atomic E-state index is 12.0.